The Morgan fingerprint density at radius 1 is 0.797 bits per heavy atom. The number of fused-ring (bicyclic) bond motifs is 2. The molecule has 5 aromatic rings. The second kappa shape index (κ2) is 24.3. The molecule has 1 aromatic heterocycles. The molecule has 4 N–H and O–H groups in total. The number of hydrogen-bond acceptors (Lipinski definition) is 16. The number of aromatic hydroxyl groups is 1. The number of ether oxygens (including phenoxy) is 4. The minimum absolute atomic E-state index is 0.0172. The van der Waals surface area contributed by atoms with E-state index >= 15 is 0 Å². The highest BCUT2D eigenvalue weighted by atomic mass is 32.1. The zero-order valence-electron chi connectivity index (χ0n) is 40.6. The van der Waals surface area contributed by atoms with E-state index in [0.29, 0.717) is 75.8 Å². The maximum Gasteiger partial charge on any atom is 0.264 e. The number of halogens is 1. The number of thiazole rings is 1. The Bertz CT molecular complexity index is 2850. The maximum atomic E-state index is 14.4. The number of piperazine rings is 1. The molecule has 2 atom stereocenters. The second-order valence-corrected chi connectivity index (χ2v) is 18.9. The van der Waals surface area contributed by atoms with Crippen molar-refractivity contribution < 1.29 is 57.2 Å². The molecule has 6 amide bonds. The molecule has 2 unspecified atom stereocenters. The Hall–Kier alpha value is -7.14. The maximum absolute atomic E-state index is 14.4. The van der Waals surface area contributed by atoms with Crippen molar-refractivity contribution in [3.8, 4) is 16.9 Å². The van der Waals surface area contributed by atoms with Crippen LogP contribution < -0.4 is 20.9 Å². The molecule has 4 aromatic carbocycles. The van der Waals surface area contributed by atoms with Crippen LogP contribution in [-0.2, 0) is 39.9 Å². The van der Waals surface area contributed by atoms with Gasteiger partial charge >= 0.3 is 0 Å². The Morgan fingerprint density at radius 3 is 2.23 bits per heavy atom. The summed E-state index contributed by atoms with van der Waals surface area (Å²) in [5.74, 6) is -4.15. The molecule has 5 heterocycles. The smallest absolute Gasteiger partial charge is 0.264 e. The van der Waals surface area contributed by atoms with Crippen LogP contribution >= 0.6 is 11.3 Å². The predicted octanol–water partition coefficient (Wildman–Crippen LogP) is 5.08. The highest BCUT2D eigenvalue weighted by Gasteiger charge is 2.46. The van der Waals surface area contributed by atoms with Crippen LogP contribution in [0.1, 0.15) is 67.5 Å². The molecule has 4 aliphatic heterocycles. The van der Waals surface area contributed by atoms with Crippen LogP contribution in [0, 0.1) is 5.82 Å². The number of anilines is 3. The molecule has 21 heteroatoms. The lowest BCUT2D eigenvalue weighted by Crippen LogP contribution is -2.54. The van der Waals surface area contributed by atoms with E-state index in [4.69, 9.17) is 18.9 Å². The molecule has 4 aliphatic rings. The minimum atomic E-state index is -1.30. The monoisotopic (exact) mass is 1030 g/mol. The van der Waals surface area contributed by atoms with Gasteiger partial charge in [-0.15, -0.1) is 11.3 Å². The summed E-state index contributed by atoms with van der Waals surface area (Å²) >= 11 is 1.21. The molecule has 388 valence electrons. The Kier molecular flexibility index (Phi) is 17.0. The number of carbonyl (C=O) groups excluding carboxylic acids is 6. The van der Waals surface area contributed by atoms with Gasteiger partial charge in [0.2, 0.25) is 11.8 Å². The molecular formula is C53H57FN8O11S. The third-order valence-electron chi connectivity index (χ3n) is 13.3. The van der Waals surface area contributed by atoms with Gasteiger partial charge < -0.3 is 39.2 Å². The van der Waals surface area contributed by atoms with Crippen molar-refractivity contribution in [1.82, 2.24) is 25.0 Å². The average Bonchev–Trinajstić information content (AvgIpc) is 4.11. The number of imide groups is 2. The molecule has 0 aliphatic carbocycles. The van der Waals surface area contributed by atoms with E-state index in [1.165, 1.54) is 28.5 Å². The summed E-state index contributed by atoms with van der Waals surface area (Å²) in [6, 6.07) is 19.9. The molecule has 0 saturated carbocycles. The lowest BCUT2D eigenvalue weighted by atomic mass is 10.00. The fourth-order valence-corrected chi connectivity index (χ4v) is 10.1. The molecule has 2 saturated heterocycles. The summed E-state index contributed by atoms with van der Waals surface area (Å²) in [6.07, 6.45) is 2.60. The Balaban J connectivity index is 0.612. The van der Waals surface area contributed by atoms with Gasteiger partial charge in [-0.2, -0.15) is 0 Å². The molecular weight excluding hydrogens is 976 g/mol. The highest BCUT2D eigenvalue weighted by Crippen LogP contribution is 2.38. The molecule has 9 rings (SSSR count). The van der Waals surface area contributed by atoms with Crippen molar-refractivity contribution in [3.05, 3.63) is 124 Å². The van der Waals surface area contributed by atoms with Crippen molar-refractivity contribution in [3.63, 3.8) is 0 Å². The minimum Gasteiger partial charge on any atom is -0.508 e. The molecule has 0 bridgehead atoms. The van der Waals surface area contributed by atoms with E-state index < -0.39 is 53.3 Å². The first-order valence-corrected chi connectivity index (χ1v) is 25.5. The predicted molar refractivity (Wildman–Crippen MR) is 271 cm³/mol. The SMILES string of the molecule is O=C1CCC(N2C(=O)c3cccc(NCCOCCOCCOCCOCCCN4CCN(c5ccc(-c6ccc7c(c6)C(=O)N(C(C(=O)Nc6nccs6)c6cc(F)ccc6O)C7)cc5)CC4)c3C2=O)C(=O)N1. The first-order chi connectivity index (χ1) is 36.0. The van der Waals surface area contributed by atoms with E-state index in [9.17, 15) is 38.3 Å². The first-order valence-electron chi connectivity index (χ1n) is 24.6. The number of nitrogens with zero attached hydrogens (tertiary/aromatic N) is 5. The van der Waals surface area contributed by atoms with E-state index in [1.54, 1.807) is 23.6 Å². The van der Waals surface area contributed by atoms with Crippen LogP contribution in [0.25, 0.3) is 11.1 Å². The highest BCUT2D eigenvalue weighted by molar-refractivity contribution is 7.13. The van der Waals surface area contributed by atoms with Gasteiger partial charge in [-0.05, 0) is 78.1 Å². The van der Waals surface area contributed by atoms with Crippen LogP contribution in [-0.4, -0.2) is 158 Å². The zero-order valence-corrected chi connectivity index (χ0v) is 41.4. The van der Waals surface area contributed by atoms with Gasteiger partial charge in [0.05, 0.1) is 57.4 Å². The van der Waals surface area contributed by atoms with Crippen molar-refractivity contribution in [2.45, 2.75) is 37.9 Å². The Labute approximate surface area is 430 Å². The van der Waals surface area contributed by atoms with Crippen LogP contribution in [0.3, 0.4) is 0 Å². The van der Waals surface area contributed by atoms with Crippen LogP contribution in [0.2, 0.25) is 0 Å². The molecule has 0 radical (unpaired) electrons. The summed E-state index contributed by atoms with van der Waals surface area (Å²) in [6.45, 7) is 8.58. The quantitative estimate of drug-likeness (QED) is 0.0468. The summed E-state index contributed by atoms with van der Waals surface area (Å²) in [7, 11) is 0. The number of carbonyl (C=O) groups is 6. The van der Waals surface area contributed by atoms with Gasteiger partial charge in [0.15, 0.2) is 5.13 Å². The number of phenolic OH excluding ortho intramolecular Hbond substituents is 1. The number of aromatic nitrogens is 1. The topological polar surface area (TPSA) is 222 Å². The normalized spacial score (nSPS) is 17.2. The number of amides is 6. The fraction of sp³-hybridized carbons (Fsp3) is 0.377. The second-order valence-electron chi connectivity index (χ2n) is 18.0. The van der Waals surface area contributed by atoms with Crippen molar-refractivity contribution in [2.24, 2.45) is 0 Å². The largest absolute Gasteiger partial charge is 0.508 e. The van der Waals surface area contributed by atoms with Crippen molar-refractivity contribution in [2.75, 3.05) is 108 Å². The van der Waals surface area contributed by atoms with E-state index in [2.05, 4.69) is 42.9 Å². The van der Waals surface area contributed by atoms with Crippen molar-refractivity contribution >= 4 is 63.3 Å². The van der Waals surface area contributed by atoms with Gasteiger partial charge in [0.25, 0.3) is 23.6 Å². The number of piperidine rings is 1. The number of rotatable bonds is 24. The lowest BCUT2D eigenvalue weighted by Gasteiger charge is -2.36. The van der Waals surface area contributed by atoms with E-state index in [-0.39, 0.29) is 41.8 Å². The van der Waals surface area contributed by atoms with Gasteiger partial charge in [0, 0.05) is 92.9 Å². The van der Waals surface area contributed by atoms with Gasteiger partial charge in [-0.1, -0.05) is 30.3 Å². The molecule has 74 heavy (non-hydrogen) atoms. The van der Waals surface area contributed by atoms with Gasteiger partial charge in [0.1, 0.15) is 23.7 Å². The number of benzene rings is 4. The molecule has 19 nitrogen and oxygen atoms in total. The summed E-state index contributed by atoms with van der Waals surface area (Å²) in [4.78, 5) is 89.1. The zero-order chi connectivity index (χ0) is 51.6. The molecule has 0 spiro atoms. The van der Waals surface area contributed by atoms with Crippen LogP contribution in [0.15, 0.2) is 90.4 Å². The summed E-state index contributed by atoms with van der Waals surface area (Å²) in [5.41, 5.74) is 4.93. The van der Waals surface area contributed by atoms with Crippen LogP contribution in [0.4, 0.5) is 20.9 Å². The average molecular weight is 1030 g/mol. The third-order valence-corrected chi connectivity index (χ3v) is 14.0. The number of phenols is 1. The van der Waals surface area contributed by atoms with Crippen molar-refractivity contribution in [1.29, 1.82) is 0 Å². The number of hydrogen-bond donors (Lipinski definition) is 4. The van der Waals surface area contributed by atoms with Gasteiger partial charge in [-0.3, -0.25) is 49.2 Å². The van der Waals surface area contributed by atoms with Crippen LogP contribution in [0.5, 0.6) is 5.75 Å². The summed E-state index contributed by atoms with van der Waals surface area (Å²) in [5, 5.41) is 20.8. The first kappa shape index (κ1) is 51.7. The Morgan fingerprint density at radius 2 is 1.51 bits per heavy atom. The van der Waals surface area contributed by atoms with Gasteiger partial charge in [-0.25, -0.2) is 9.37 Å². The van der Waals surface area contributed by atoms with E-state index in [1.807, 2.05) is 30.3 Å². The molecule has 2 fully saturated rings. The summed E-state index contributed by atoms with van der Waals surface area (Å²) < 4.78 is 37.1. The lowest BCUT2D eigenvalue weighted by molar-refractivity contribution is -0.136. The standard InChI is InChI=1S/C53H57FN8O11S/c54-37-9-13-44(63)41(32-37)47(49(66)58-53-56-16-30-74-53)61-33-36-6-5-35(31-40(36)50(61)67)34-7-10-38(11-8-34)60-20-18-59(19-21-60)17-2-22-70-24-26-72-28-29-73-27-25-71-23-15-55-42-4-1-3-39-46(42)52(69)62(51(39)68)43-12-14-45(64)57-48(43)65/h1,3-11,13,16,30-32,43,47,55,63H,2,12,14-15,17-29,33H2,(H,56,58,66)(H,57,64,65). The number of nitrogens with one attached hydrogen (secondary N) is 3. The van der Waals surface area contributed by atoms with E-state index in [0.717, 1.165) is 78.6 Å². The third kappa shape index (κ3) is 12.1. The fourth-order valence-electron chi connectivity index (χ4n) is 9.53.